The molecule has 0 bridgehead atoms. The third-order valence-corrected chi connectivity index (χ3v) is 6.86. The molecule has 0 aromatic heterocycles. The molecule has 1 unspecified atom stereocenters. The number of ether oxygens (including phenoxy) is 2. The largest absolute Gasteiger partial charge is 0.456 e. The molecule has 0 amide bonds. The minimum Gasteiger partial charge on any atom is -0.456 e. The Kier molecular flexibility index (Phi) is 4.86. The van der Waals surface area contributed by atoms with Crippen molar-refractivity contribution in [1.82, 2.24) is 4.31 Å². The number of benzene rings is 4. The van der Waals surface area contributed by atoms with Crippen LogP contribution in [0.1, 0.15) is 27.0 Å². The van der Waals surface area contributed by atoms with E-state index in [1.807, 2.05) is 109 Å². The third kappa shape index (κ3) is 3.26. The number of para-hydroxylation sites is 1. The van der Waals surface area contributed by atoms with Gasteiger partial charge in [0.15, 0.2) is 5.60 Å². The molecule has 0 fully saturated rings. The lowest BCUT2D eigenvalue weighted by Gasteiger charge is -2.37. The van der Waals surface area contributed by atoms with E-state index in [-0.39, 0.29) is 5.97 Å². The van der Waals surface area contributed by atoms with E-state index >= 15 is 0 Å². The Morgan fingerprint density at radius 3 is 2.38 bits per heavy atom. The van der Waals surface area contributed by atoms with Gasteiger partial charge < -0.3 is 14.8 Å². The summed E-state index contributed by atoms with van der Waals surface area (Å²) in [7, 11) is 4.00. The van der Waals surface area contributed by atoms with Gasteiger partial charge in [-0.1, -0.05) is 36.4 Å². The Bertz CT molecular complexity index is 1420. The fourth-order valence-electron chi connectivity index (χ4n) is 4.69. The van der Waals surface area contributed by atoms with Crippen molar-refractivity contribution in [3.05, 3.63) is 113 Å². The van der Waals surface area contributed by atoms with Crippen LogP contribution in [-0.4, -0.2) is 24.4 Å². The van der Waals surface area contributed by atoms with Gasteiger partial charge in [-0.05, 0) is 80.6 Å². The van der Waals surface area contributed by atoms with Crippen molar-refractivity contribution in [3.8, 4) is 11.5 Å². The maximum Gasteiger partial charge on any atom is 0.340 e. The second kappa shape index (κ2) is 7.94. The average Bonchev–Trinajstić information content (AvgIpc) is 3.13. The van der Waals surface area contributed by atoms with Crippen molar-refractivity contribution < 1.29 is 14.3 Å². The maximum absolute atomic E-state index is 13.1. The summed E-state index contributed by atoms with van der Waals surface area (Å²) >= 11 is 1.61. The van der Waals surface area contributed by atoms with Gasteiger partial charge in [-0.2, -0.15) is 0 Å². The van der Waals surface area contributed by atoms with Crippen LogP contribution in [0.3, 0.4) is 0 Å². The first-order valence-electron chi connectivity index (χ1n) is 11.0. The van der Waals surface area contributed by atoms with Crippen LogP contribution < -0.4 is 10.1 Å². The molecule has 1 atom stereocenters. The molecule has 4 aromatic rings. The summed E-state index contributed by atoms with van der Waals surface area (Å²) in [6.45, 7) is 0. The third-order valence-electron chi connectivity index (χ3n) is 6.03. The topological polar surface area (TPSA) is 50.8 Å². The molecule has 6 heteroatoms. The second-order valence-electron chi connectivity index (χ2n) is 8.48. The van der Waals surface area contributed by atoms with Crippen molar-refractivity contribution in [2.45, 2.75) is 10.5 Å². The summed E-state index contributed by atoms with van der Waals surface area (Å²) in [6.07, 6.45) is 0. The zero-order valence-corrected chi connectivity index (χ0v) is 19.6. The summed E-state index contributed by atoms with van der Waals surface area (Å²) in [4.78, 5) is 14.1. The predicted molar refractivity (Wildman–Crippen MR) is 134 cm³/mol. The first kappa shape index (κ1) is 20.8. The van der Waals surface area contributed by atoms with Crippen LogP contribution in [0.15, 0.2) is 95.9 Å². The Labute approximate surface area is 202 Å². The van der Waals surface area contributed by atoms with Gasteiger partial charge in [0.2, 0.25) is 0 Å². The van der Waals surface area contributed by atoms with E-state index in [0.717, 1.165) is 33.0 Å². The molecule has 5 nitrogen and oxygen atoms in total. The van der Waals surface area contributed by atoms with Crippen molar-refractivity contribution in [2.75, 3.05) is 19.4 Å². The molecule has 1 spiro atoms. The minimum absolute atomic E-state index is 0.331. The number of hydrogen-bond acceptors (Lipinski definition) is 6. The molecule has 0 saturated heterocycles. The van der Waals surface area contributed by atoms with E-state index in [1.54, 1.807) is 11.9 Å². The summed E-state index contributed by atoms with van der Waals surface area (Å²) < 4.78 is 14.7. The van der Waals surface area contributed by atoms with Crippen LogP contribution in [0.2, 0.25) is 0 Å². The molecule has 168 valence electrons. The number of carbonyl (C=O) groups is 1. The van der Waals surface area contributed by atoms with Crippen molar-refractivity contribution in [3.63, 3.8) is 0 Å². The molecule has 1 N–H and O–H groups in total. The van der Waals surface area contributed by atoms with Crippen molar-refractivity contribution in [2.24, 2.45) is 0 Å². The number of rotatable bonds is 4. The quantitative estimate of drug-likeness (QED) is 0.271. The van der Waals surface area contributed by atoms with E-state index < -0.39 is 5.60 Å². The van der Waals surface area contributed by atoms with E-state index in [9.17, 15) is 4.79 Å². The van der Waals surface area contributed by atoms with Crippen molar-refractivity contribution in [1.29, 1.82) is 0 Å². The van der Waals surface area contributed by atoms with E-state index in [2.05, 4.69) is 5.32 Å². The molecule has 2 heterocycles. The molecule has 0 aliphatic carbocycles. The van der Waals surface area contributed by atoms with E-state index in [0.29, 0.717) is 17.1 Å². The number of nitrogens with zero attached hydrogens (tertiary/aromatic N) is 1. The number of fused-ring (bicyclic) bond motifs is 6. The normalized spacial score (nSPS) is 17.6. The summed E-state index contributed by atoms with van der Waals surface area (Å²) in [5, 5.41) is 3.45. The molecule has 2 aliphatic heterocycles. The lowest BCUT2D eigenvalue weighted by atomic mass is 9.77. The van der Waals surface area contributed by atoms with Crippen LogP contribution in [0.4, 0.5) is 11.4 Å². The Morgan fingerprint density at radius 1 is 0.765 bits per heavy atom. The van der Waals surface area contributed by atoms with Crippen molar-refractivity contribution >= 4 is 29.3 Å². The standard InChI is InChI=1S/C28H22N2O3S/c1-30(2)34-20-13-14-23-26(17-20)32-25-15-12-19(29-18-8-4-3-5-9-18)16-24(25)28(23)22-11-7-6-10-21(22)27(31)33-28/h3-17,29H,1-2H3. The molecular weight excluding hydrogens is 444 g/mol. The fourth-order valence-corrected chi connectivity index (χ4v) is 5.40. The first-order chi connectivity index (χ1) is 16.5. The van der Waals surface area contributed by atoms with E-state index in [4.69, 9.17) is 9.47 Å². The summed E-state index contributed by atoms with van der Waals surface area (Å²) in [5.74, 6) is 1.03. The van der Waals surface area contributed by atoms with Crippen LogP contribution in [-0.2, 0) is 10.3 Å². The van der Waals surface area contributed by atoms with Gasteiger partial charge in [0, 0.05) is 33.0 Å². The Balaban J connectivity index is 1.55. The predicted octanol–water partition coefficient (Wildman–Crippen LogP) is 6.57. The van der Waals surface area contributed by atoms with Crippen LogP contribution in [0, 0.1) is 0 Å². The zero-order valence-electron chi connectivity index (χ0n) is 18.7. The molecule has 0 radical (unpaired) electrons. The molecule has 34 heavy (non-hydrogen) atoms. The van der Waals surface area contributed by atoms with Gasteiger partial charge >= 0.3 is 5.97 Å². The summed E-state index contributed by atoms with van der Waals surface area (Å²) in [5.41, 5.74) is 3.81. The smallest absolute Gasteiger partial charge is 0.340 e. The molecule has 2 aliphatic rings. The highest BCUT2D eigenvalue weighted by molar-refractivity contribution is 7.97. The second-order valence-corrected chi connectivity index (χ2v) is 9.87. The van der Waals surface area contributed by atoms with Crippen LogP contribution in [0.25, 0.3) is 0 Å². The van der Waals surface area contributed by atoms with Gasteiger partial charge in [0.1, 0.15) is 11.5 Å². The number of esters is 1. The zero-order chi connectivity index (χ0) is 23.3. The SMILES string of the molecule is CN(C)Sc1ccc2c(c1)Oc1ccc(Nc3ccccc3)cc1C21OC(=O)c2ccccc21. The highest BCUT2D eigenvalue weighted by atomic mass is 32.2. The number of anilines is 2. The van der Waals surface area contributed by atoms with E-state index in [1.165, 1.54) is 0 Å². The lowest BCUT2D eigenvalue weighted by Crippen LogP contribution is -2.33. The average molecular weight is 467 g/mol. The molecule has 0 saturated carbocycles. The maximum atomic E-state index is 13.1. The van der Waals surface area contributed by atoms with Gasteiger partial charge in [-0.15, -0.1) is 0 Å². The van der Waals surface area contributed by atoms with Crippen LogP contribution >= 0.6 is 11.9 Å². The summed E-state index contributed by atoms with van der Waals surface area (Å²) in [6, 6.07) is 29.6. The number of carbonyl (C=O) groups excluding carboxylic acids is 1. The highest BCUT2D eigenvalue weighted by Gasteiger charge is 2.53. The first-order valence-corrected chi connectivity index (χ1v) is 11.8. The van der Waals surface area contributed by atoms with Gasteiger partial charge in [0.25, 0.3) is 0 Å². The molecular formula is C28H22N2O3S. The van der Waals surface area contributed by atoms with Crippen LogP contribution in [0.5, 0.6) is 11.5 Å². The fraction of sp³-hybridized carbons (Fsp3) is 0.107. The lowest BCUT2D eigenvalue weighted by molar-refractivity contribution is 0.0224. The minimum atomic E-state index is -1.08. The number of hydrogen-bond donors (Lipinski definition) is 1. The Morgan fingerprint density at radius 2 is 1.56 bits per heavy atom. The molecule has 6 rings (SSSR count). The monoisotopic (exact) mass is 466 g/mol. The highest BCUT2D eigenvalue weighted by Crippen LogP contribution is 2.57. The number of nitrogens with one attached hydrogen (secondary N) is 1. The van der Waals surface area contributed by atoms with Gasteiger partial charge in [-0.3, -0.25) is 4.31 Å². The molecule has 4 aromatic carbocycles. The Hall–Kier alpha value is -3.74. The van der Waals surface area contributed by atoms with Gasteiger partial charge in [-0.25, -0.2) is 4.79 Å². The van der Waals surface area contributed by atoms with Gasteiger partial charge in [0.05, 0.1) is 5.56 Å².